The van der Waals surface area contributed by atoms with Gasteiger partial charge in [0.25, 0.3) is 5.91 Å². The summed E-state index contributed by atoms with van der Waals surface area (Å²) >= 11 is 6.16. The molecule has 8 nitrogen and oxygen atoms in total. The Kier molecular flexibility index (Phi) is 7.53. The highest BCUT2D eigenvalue weighted by Crippen LogP contribution is 2.34. The first-order chi connectivity index (χ1) is 17.2. The first-order valence-electron chi connectivity index (χ1n) is 11.6. The maximum atomic E-state index is 15.1. The van der Waals surface area contributed by atoms with Crippen LogP contribution in [0.5, 0.6) is 0 Å². The fourth-order valence-electron chi connectivity index (χ4n) is 4.66. The number of carbonyl (C=O) groups excluding carboxylic acids is 2. The molecule has 190 valence electrons. The number of nitrogens with zero attached hydrogens (tertiary/aromatic N) is 3. The predicted molar refractivity (Wildman–Crippen MR) is 130 cm³/mol. The average molecular weight is 518 g/mol. The Morgan fingerprint density at radius 1 is 1.19 bits per heavy atom. The monoisotopic (exact) mass is 517 g/mol. The van der Waals surface area contributed by atoms with Crippen LogP contribution in [0.25, 0.3) is 11.1 Å². The third kappa shape index (κ3) is 5.18. The second-order valence-corrected chi connectivity index (χ2v) is 9.35. The zero-order valence-electron chi connectivity index (χ0n) is 19.9. The van der Waals surface area contributed by atoms with Gasteiger partial charge in [-0.05, 0) is 30.9 Å². The summed E-state index contributed by atoms with van der Waals surface area (Å²) in [4.78, 5) is 26.1. The molecule has 1 fully saturated rings. The molecule has 2 aromatic heterocycles. The minimum Gasteiger partial charge on any atom is -0.618 e. The fraction of sp³-hybridized carbons (Fsp3) is 0.360. The van der Waals surface area contributed by atoms with E-state index in [0.29, 0.717) is 4.73 Å². The maximum absolute atomic E-state index is 15.1. The molecule has 0 aliphatic heterocycles. The molecule has 2 heterocycles. The number of aromatic nitrogens is 3. The van der Waals surface area contributed by atoms with Crippen LogP contribution in [0.4, 0.5) is 14.5 Å². The number of aryl methyl sites for hydroxylation is 1. The molecule has 2 N–H and O–H groups in total. The van der Waals surface area contributed by atoms with Gasteiger partial charge in [0.15, 0.2) is 11.9 Å². The summed E-state index contributed by atoms with van der Waals surface area (Å²) in [5, 5.41) is 21.2. The van der Waals surface area contributed by atoms with Crippen molar-refractivity contribution < 1.29 is 23.1 Å². The van der Waals surface area contributed by atoms with Gasteiger partial charge in [-0.3, -0.25) is 14.3 Å². The van der Waals surface area contributed by atoms with E-state index in [0.717, 1.165) is 44.2 Å². The van der Waals surface area contributed by atoms with Crippen LogP contribution in [-0.4, -0.2) is 27.6 Å². The van der Waals surface area contributed by atoms with Gasteiger partial charge in [-0.1, -0.05) is 30.9 Å². The van der Waals surface area contributed by atoms with Crippen LogP contribution in [0.15, 0.2) is 36.7 Å². The van der Waals surface area contributed by atoms with Crippen LogP contribution in [0.2, 0.25) is 5.02 Å². The summed E-state index contributed by atoms with van der Waals surface area (Å²) in [7, 11) is 1.61. The van der Waals surface area contributed by atoms with Crippen molar-refractivity contribution in [1.82, 2.24) is 15.1 Å². The number of hydrogen-bond donors (Lipinski definition) is 2. The fourth-order valence-corrected chi connectivity index (χ4v) is 4.95. The Labute approximate surface area is 211 Å². The van der Waals surface area contributed by atoms with Crippen LogP contribution >= 0.6 is 11.6 Å². The Balaban J connectivity index is 1.61. The minimum atomic E-state index is -0.944. The highest BCUT2D eigenvalue weighted by atomic mass is 35.5. The third-order valence-corrected chi connectivity index (χ3v) is 6.93. The van der Waals surface area contributed by atoms with Gasteiger partial charge in [0, 0.05) is 37.9 Å². The van der Waals surface area contributed by atoms with E-state index in [1.54, 1.807) is 7.05 Å². The molecule has 0 unspecified atom stereocenters. The van der Waals surface area contributed by atoms with E-state index in [2.05, 4.69) is 15.7 Å². The number of anilines is 1. The largest absolute Gasteiger partial charge is 0.618 e. The number of halogens is 3. The summed E-state index contributed by atoms with van der Waals surface area (Å²) in [6, 6.07) is 3.62. The van der Waals surface area contributed by atoms with Crippen LogP contribution in [-0.2, 0) is 11.8 Å². The highest BCUT2D eigenvalue weighted by Gasteiger charge is 2.32. The molecular formula is C25H26ClF2N5O3. The quantitative estimate of drug-likeness (QED) is 0.376. The van der Waals surface area contributed by atoms with E-state index in [4.69, 9.17) is 11.6 Å². The van der Waals surface area contributed by atoms with Crippen molar-refractivity contribution in [3.05, 3.63) is 69.9 Å². The van der Waals surface area contributed by atoms with E-state index in [1.807, 2.05) is 0 Å². The van der Waals surface area contributed by atoms with Crippen molar-refractivity contribution in [2.75, 3.05) is 5.32 Å². The van der Waals surface area contributed by atoms with Gasteiger partial charge in [-0.25, -0.2) is 8.78 Å². The molecule has 0 radical (unpaired) electrons. The lowest BCUT2D eigenvalue weighted by molar-refractivity contribution is -0.611. The van der Waals surface area contributed by atoms with Gasteiger partial charge in [-0.15, -0.1) is 0 Å². The molecule has 1 aliphatic rings. The number of amides is 2. The Morgan fingerprint density at radius 2 is 1.92 bits per heavy atom. The van der Waals surface area contributed by atoms with Crippen molar-refractivity contribution in [3.63, 3.8) is 0 Å². The number of hydrogen-bond acceptors (Lipinski definition) is 4. The van der Waals surface area contributed by atoms with Crippen molar-refractivity contribution in [1.29, 1.82) is 0 Å². The maximum Gasteiger partial charge on any atom is 0.270 e. The molecule has 0 spiro atoms. The number of pyridine rings is 1. The van der Waals surface area contributed by atoms with Crippen molar-refractivity contribution in [2.45, 2.75) is 45.1 Å². The Hall–Kier alpha value is -3.53. The number of benzene rings is 1. The molecule has 1 saturated carbocycles. The molecule has 0 saturated heterocycles. The van der Waals surface area contributed by atoms with Gasteiger partial charge >= 0.3 is 0 Å². The molecule has 36 heavy (non-hydrogen) atoms. The number of carbonyl (C=O) groups is 2. The lowest BCUT2D eigenvalue weighted by Gasteiger charge is -2.30. The zero-order valence-corrected chi connectivity index (χ0v) is 20.6. The molecule has 4 rings (SSSR count). The first-order valence-corrected chi connectivity index (χ1v) is 12.0. The molecule has 1 aromatic carbocycles. The lowest BCUT2D eigenvalue weighted by atomic mass is 9.83. The molecular weight excluding hydrogens is 492 g/mol. The number of nitrogens with one attached hydrogen (secondary N) is 2. The van der Waals surface area contributed by atoms with Crippen molar-refractivity contribution >= 4 is 29.1 Å². The van der Waals surface area contributed by atoms with Crippen LogP contribution in [0.3, 0.4) is 0 Å². The summed E-state index contributed by atoms with van der Waals surface area (Å²) < 4.78 is 32.1. The van der Waals surface area contributed by atoms with Crippen molar-refractivity contribution in [2.24, 2.45) is 13.0 Å². The second-order valence-electron chi connectivity index (χ2n) is 8.94. The minimum absolute atomic E-state index is 0.0620. The Morgan fingerprint density at radius 3 is 2.58 bits per heavy atom. The normalized spacial score (nSPS) is 14.9. The summed E-state index contributed by atoms with van der Waals surface area (Å²) in [6.45, 7) is 1.45. The van der Waals surface area contributed by atoms with E-state index in [-0.39, 0.29) is 39.1 Å². The van der Waals surface area contributed by atoms with Gasteiger partial charge in [0.2, 0.25) is 5.91 Å². The smallest absolute Gasteiger partial charge is 0.270 e. The lowest BCUT2D eigenvalue weighted by Crippen LogP contribution is -2.49. The van der Waals surface area contributed by atoms with Gasteiger partial charge < -0.3 is 15.8 Å². The van der Waals surface area contributed by atoms with E-state index >= 15 is 8.78 Å². The van der Waals surface area contributed by atoms with Crippen LogP contribution in [0.1, 0.15) is 48.3 Å². The van der Waals surface area contributed by atoms with Crippen LogP contribution in [0, 0.1) is 29.7 Å². The topological polar surface area (TPSA) is 103 Å². The SMILES string of the molecule is Cc1c(-c2cc(F)c(NC(=O)[C@@H](NC(=O)c3ccnn3C)C3CCCCC3)cc2F)c(Cl)cc[n+]1[O-]. The average Bonchev–Trinajstić information content (AvgIpc) is 3.29. The molecule has 2 amide bonds. The summed E-state index contributed by atoms with van der Waals surface area (Å²) in [5.74, 6) is -3.05. The van der Waals surface area contributed by atoms with Gasteiger partial charge in [0.1, 0.15) is 23.4 Å². The Bertz CT molecular complexity index is 1310. The molecule has 11 heteroatoms. The molecule has 0 bridgehead atoms. The summed E-state index contributed by atoms with van der Waals surface area (Å²) in [5.41, 5.74) is -0.140. The second kappa shape index (κ2) is 10.6. The molecule has 3 aromatic rings. The van der Waals surface area contributed by atoms with Crippen LogP contribution < -0.4 is 15.4 Å². The van der Waals surface area contributed by atoms with E-state index < -0.39 is 29.5 Å². The highest BCUT2D eigenvalue weighted by molar-refractivity contribution is 6.33. The zero-order chi connectivity index (χ0) is 26.0. The number of rotatable bonds is 6. The predicted octanol–water partition coefficient (Wildman–Crippen LogP) is 4.28. The molecule has 1 aliphatic carbocycles. The van der Waals surface area contributed by atoms with Crippen molar-refractivity contribution in [3.8, 4) is 11.1 Å². The van der Waals surface area contributed by atoms with Gasteiger partial charge in [-0.2, -0.15) is 9.83 Å². The summed E-state index contributed by atoms with van der Waals surface area (Å²) in [6.07, 6.45) is 6.94. The van der Waals surface area contributed by atoms with E-state index in [9.17, 15) is 14.8 Å². The standard InChI is InChI=1S/C25H26ClF2N5O3/c1-14-22(17(26)9-11-33(14)36)16-12-19(28)20(13-18(16)27)30-25(35)23(15-6-4-3-5-7-15)31-24(34)21-8-10-29-32(21)2/h8-13,15,23H,3-7H2,1-2H3,(H,30,35)(H,31,34)/t23-/m0/s1. The first kappa shape index (κ1) is 25.6. The van der Waals surface area contributed by atoms with Gasteiger partial charge in [0.05, 0.1) is 16.3 Å². The van der Waals surface area contributed by atoms with E-state index in [1.165, 1.54) is 36.1 Å². The molecule has 1 atom stereocenters. The third-order valence-electron chi connectivity index (χ3n) is 6.62.